The Balaban J connectivity index is 1.31. The summed E-state index contributed by atoms with van der Waals surface area (Å²) in [5.74, 6) is -1.06. The summed E-state index contributed by atoms with van der Waals surface area (Å²) in [6, 6.07) is 24.0. The van der Waals surface area contributed by atoms with Crippen LogP contribution in [0.25, 0.3) is 23.1 Å². The van der Waals surface area contributed by atoms with E-state index in [1.807, 2.05) is 72.8 Å². The van der Waals surface area contributed by atoms with Crippen molar-refractivity contribution >= 4 is 64.3 Å². The molecule has 0 saturated heterocycles. The van der Waals surface area contributed by atoms with Crippen LogP contribution in [0, 0.1) is 5.41 Å². The Morgan fingerprint density at radius 2 is 1.77 bits per heavy atom. The number of fused-ring (bicyclic) bond motifs is 1. The van der Waals surface area contributed by atoms with E-state index in [2.05, 4.69) is 10.3 Å². The van der Waals surface area contributed by atoms with E-state index < -0.39 is 11.9 Å². The van der Waals surface area contributed by atoms with E-state index in [9.17, 15) is 24.6 Å². The topological polar surface area (TPSA) is 117 Å². The number of carboxylic acid groups (broad SMARTS) is 2. The quantitative estimate of drug-likeness (QED) is 0.132. The standard InChI is InChI=1S/C35H33ClN2O5S/c36-27-12-9-25-10-14-28(37-31(25)19-27)13-8-23-4-3-6-26(18-23)30(15-11-24-5-1-2-7-29(24)34(42)43)38-32(39)21-44-22-35(16-17-35)20-33(40)41/h1-10,12-14,18-19,30H,11,15-17,20-22H2,(H,38,39)(H,40,41)(H,42,43)/b13-8+. The van der Waals surface area contributed by atoms with E-state index in [1.54, 1.807) is 18.2 Å². The number of aromatic nitrogens is 1. The number of carbonyl (C=O) groups excluding carboxylic acids is 1. The number of pyridine rings is 1. The lowest BCUT2D eigenvalue weighted by molar-refractivity contribution is -0.138. The highest BCUT2D eigenvalue weighted by Crippen LogP contribution is 2.51. The Morgan fingerprint density at radius 1 is 0.977 bits per heavy atom. The van der Waals surface area contributed by atoms with Crippen LogP contribution in [0.2, 0.25) is 5.02 Å². The normalized spacial score (nSPS) is 14.4. The van der Waals surface area contributed by atoms with Gasteiger partial charge in [-0.05, 0) is 89.9 Å². The zero-order valence-corrected chi connectivity index (χ0v) is 25.6. The summed E-state index contributed by atoms with van der Waals surface area (Å²) in [6.45, 7) is 0. The molecule has 1 aliphatic carbocycles. The van der Waals surface area contributed by atoms with Gasteiger partial charge >= 0.3 is 11.9 Å². The highest BCUT2D eigenvalue weighted by molar-refractivity contribution is 8.00. The molecular weight excluding hydrogens is 596 g/mol. The Kier molecular flexibility index (Phi) is 10.0. The molecule has 5 rings (SSSR count). The molecule has 3 aromatic carbocycles. The van der Waals surface area contributed by atoms with Gasteiger partial charge in [0.15, 0.2) is 0 Å². The third-order valence-electron chi connectivity index (χ3n) is 7.85. The van der Waals surface area contributed by atoms with Crippen molar-refractivity contribution in [3.63, 3.8) is 0 Å². The smallest absolute Gasteiger partial charge is 0.335 e. The molecule has 9 heteroatoms. The summed E-state index contributed by atoms with van der Waals surface area (Å²) in [5.41, 5.74) is 4.20. The molecule has 1 aliphatic rings. The number of thioether (sulfide) groups is 1. The summed E-state index contributed by atoms with van der Waals surface area (Å²) in [6.07, 6.45) is 6.75. The molecule has 1 fully saturated rings. The lowest BCUT2D eigenvalue weighted by Gasteiger charge is -2.21. The number of aliphatic carboxylic acids is 1. The summed E-state index contributed by atoms with van der Waals surface area (Å²) in [7, 11) is 0. The Hall–Kier alpha value is -4.14. The lowest BCUT2D eigenvalue weighted by atomic mass is 9.95. The SMILES string of the molecule is O=C(O)CC1(CSCC(=O)NC(CCc2ccccc2C(=O)O)c2cccc(/C=C/c3ccc4ccc(Cl)cc4n3)c2)CC1. The van der Waals surface area contributed by atoms with Gasteiger partial charge in [-0.3, -0.25) is 9.59 Å². The number of halogens is 1. The molecule has 44 heavy (non-hydrogen) atoms. The van der Waals surface area contributed by atoms with Crippen LogP contribution >= 0.6 is 23.4 Å². The van der Waals surface area contributed by atoms with Gasteiger partial charge < -0.3 is 15.5 Å². The number of benzene rings is 3. The number of hydrogen-bond acceptors (Lipinski definition) is 5. The number of hydrogen-bond donors (Lipinski definition) is 3. The second-order valence-electron chi connectivity index (χ2n) is 11.3. The average Bonchev–Trinajstić information content (AvgIpc) is 3.76. The zero-order valence-electron chi connectivity index (χ0n) is 24.0. The molecule has 1 saturated carbocycles. The van der Waals surface area contributed by atoms with Gasteiger partial charge in [0.1, 0.15) is 0 Å². The first kappa shape index (κ1) is 31.3. The van der Waals surface area contributed by atoms with Crippen molar-refractivity contribution < 1.29 is 24.6 Å². The van der Waals surface area contributed by atoms with Gasteiger partial charge in [-0.2, -0.15) is 11.8 Å². The fourth-order valence-electron chi connectivity index (χ4n) is 5.29. The number of aromatic carboxylic acids is 1. The Bertz CT molecular complexity index is 1720. The lowest BCUT2D eigenvalue weighted by Crippen LogP contribution is -2.31. The molecule has 1 heterocycles. The minimum atomic E-state index is -0.982. The van der Waals surface area contributed by atoms with Crippen molar-refractivity contribution in [3.8, 4) is 0 Å². The highest BCUT2D eigenvalue weighted by Gasteiger charge is 2.44. The minimum Gasteiger partial charge on any atom is -0.481 e. The number of nitrogens with zero attached hydrogens (tertiary/aromatic N) is 1. The van der Waals surface area contributed by atoms with Crippen molar-refractivity contribution in [2.45, 2.75) is 38.1 Å². The molecule has 1 aromatic heterocycles. The first-order valence-electron chi connectivity index (χ1n) is 14.4. The van der Waals surface area contributed by atoms with Gasteiger partial charge in [0.25, 0.3) is 0 Å². The van der Waals surface area contributed by atoms with E-state index in [0.717, 1.165) is 40.6 Å². The monoisotopic (exact) mass is 628 g/mol. The number of carbonyl (C=O) groups is 3. The van der Waals surface area contributed by atoms with E-state index in [1.165, 1.54) is 11.8 Å². The third-order valence-corrected chi connectivity index (χ3v) is 9.36. The summed E-state index contributed by atoms with van der Waals surface area (Å²) >= 11 is 7.61. The van der Waals surface area contributed by atoms with Crippen LogP contribution < -0.4 is 5.32 Å². The van der Waals surface area contributed by atoms with Crippen LogP contribution in [-0.4, -0.2) is 44.5 Å². The first-order valence-corrected chi connectivity index (χ1v) is 16.0. The van der Waals surface area contributed by atoms with Crippen LogP contribution in [0.4, 0.5) is 0 Å². The zero-order chi connectivity index (χ0) is 31.1. The maximum Gasteiger partial charge on any atom is 0.335 e. The molecule has 1 unspecified atom stereocenters. The van der Waals surface area contributed by atoms with Crippen LogP contribution in [0.5, 0.6) is 0 Å². The summed E-state index contributed by atoms with van der Waals surface area (Å²) in [5, 5.41) is 23.6. The molecule has 1 atom stereocenters. The summed E-state index contributed by atoms with van der Waals surface area (Å²) < 4.78 is 0. The number of amides is 1. The third kappa shape index (κ3) is 8.49. The molecule has 226 valence electrons. The van der Waals surface area contributed by atoms with Crippen LogP contribution in [0.3, 0.4) is 0 Å². The van der Waals surface area contributed by atoms with Crippen LogP contribution in [0.15, 0.2) is 78.9 Å². The molecular formula is C35H33ClN2O5S. The molecule has 0 bridgehead atoms. The van der Waals surface area contributed by atoms with Gasteiger partial charge in [-0.25, -0.2) is 9.78 Å². The predicted molar refractivity (Wildman–Crippen MR) is 176 cm³/mol. The maximum atomic E-state index is 13.1. The molecule has 0 spiro atoms. The molecule has 7 nitrogen and oxygen atoms in total. The van der Waals surface area contributed by atoms with Crippen molar-refractivity contribution in [2.24, 2.45) is 5.41 Å². The second-order valence-corrected chi connectivity index (χ2v) is 12.7. The van der Waals surface area contributed by atoms with E-state index in [4.69, 9.17) is 11.6 Å². The van der Waals surface area contributed by atoms with Gasteiger partial charge in [-0.15, -0.1) is 0 Å². The molecule has 0 radical (unpaired) electrons. The molecule has 0 aliphatic heterocycles. The van der Waals surface area contributed by atoms with E-state index >= 15 is 0 Å². The maximum absolute atomic E-state index is 13.1. The van der Waals surface area contributed by atoms with Crippen LogP contribution in [0.1, 0.15) is 64.5 Å². The molecule has 3 N–H and O–H groups in total. The Morgan fingerprint density at radius 3 is 2.55 bits per heavy atom. The van der Waals surface area contributed by atoms with Gasteiger partial charge in [0, 0.05) is 10.4 Å². The van der Waals surface area contributed by atoms with Gasteiger partial charge in [0.05, 0.1) is 35.0 Å². The second kappa shape index (κ2) is 14.1. The van der Waals surface area contributed by atoms with Crippen LogP contribution in [-0.2, 0) is 16.0 Å². The largest absolute Gasteiger partial charge is 0.481 e. The number of nitrogens with one attached hydrogen (secondary N) is 1. The van der Waals surface area contributed by atoms with Gasteiger partial charge in [-0.1, -0.05) is 66.2 Å². The van der Waals surface area contributed by atoms with E-state index in [0.29, 0.717) is 29.2 Å². The number of rotatable bonds is 14. The summed E-state index contributed by atoms with van der Waals surface area (Å²) in [4.78, 5) is 40.8. The molecule has 1 amide bonds. The fraction of sp³-hybridized carbons (Fsp3) is 0.257. The average molecular weight is 629 g/mol. The van der Waals surface area contributed by atoms with Crippen molar-refractivity contribution in [3.05, 3.63) is 112 Å². The number of aryl methyl sites for hydroxylation is 1. The van der Waals surface area contributed by atoms with E-state index in [-0.39, 0.29) is 35.1 Å². The highest BCUT2D eigenvalue weighted by atomic mass is 35.5. The van der Waals surface area contributed by atoms with Crippen molar-refractivity contribution in [2.75, 3.05) is 11.5 Å². The fourth-order valence-corrected chi connectivity index (χ4v) is 6.66. The number of carboxylic acids is 2. The minimum absolute atomic E-state index is 0.135. The van der Waals surface area contributed by atoms with Crippen molar-refractivity contribution in [1.29, 1.82) is 0 Å². The van der Waals surface area contributed by atoms with Crippen molar-refractivity contribution in [1.82, 2.24) is 10.3 Å². The van der Waals surface area contributed by atoms with Gasteiger partial charge in [0.2, 0.25) is 5.91 Å². The first-order chi connectivity index (χ1) is 21.2. The predicted octanol–water partition coefficient (Wildman–Crippen LogP) is 7.54. The molecule has 4 aromatic rings. The Labute approximate surface area is 265 Å².